The van der Waals surface area contributed by atoms with E-state index in [1.165, 1.54) is 0 Å². The number of carbonyl (C=O) groups is 1. The summed E-state index contributed by atoms with van der Waals surface area (Å²) in [4.78, 5) is 10.8. The molecule has 0 aliphatic rings. The Morgan fingerprint density at radius 1 is 1.43 bits per heavy atom. The van der Waals surface area contributed by atoms with Gasteiger partial charge in [-0.3, -0.25) is 5.43 Å². The van der Waals surface area contributed by atoms with E-state index in [-0.39, 0.29) is 0 Å². The van der Waals surface area contributed by atoms with Crippen LogP contribution < -0.4 is 21.3 Å². The third-order valence-corrected chi connectivity index (χ3v) is 1.55. The lowest BCUT2D eigenvalue weighted by Gasteiger charge is -2.05. The molecule has 0 unspecified atom stereocenters. The smallest absolute Gasteiger partial charge is 0.333 e. The van der Waals surface area contributed by atoms with Gasteiger partial charge in [0.2, 0.25) is 0 Å². The summed E-state index contributed by atoms with van der Waals surface area (Å²) < 4.78 is 5.24. The number of hydrazine groups is 1. The molecule has 1 rings (SSSR count). The predicted molar refractivity (Wildman–Crippen MR) is 54.0 cm³/mol. The fourth-order valence-corrected chi connectivity index (χ4v) is 0.968. The van der Waals surface area contributed by atoms with E-state index in [1.54, 1.807) is 24.3 Å². The van der Waals surface area contributed by atoms with E-state index in [9.17, 15) is 4.79 Å². The van der Waals surface area contributed by atoms with Crippen LogP contribution in [0.2, 0.25) is 0 Å². The third-order valence-electron chi connectivity index (χ3n) is 1.55. The maximum absolute atomic E-state index is 10.8. The summed E-state index contributed by atoms with van der Waals surface area (Å²) in [6.45, 7) is 2.53. The Bertz CT molecular complexity index is 297. The van der Waals surface area contributed by atoms with Crippen molar-refractivity contribution in [1.29, 1.82) is 0 Å². The van der Waals surface area contributed by atoms with Crippen molar-refractivity contribution in [3.05, 3.63) is 24.3 Å². The summed E-state index contributed by atoms with van der Waals surface area (Å²) in [7, 11) is 0. The number of urea groups is 1. The highest BCUT2D eigenvalue weighted by molar-refractivity contribution is 5.88. The minimum absolute atomic E-state index is 0.450. The van der Waals surface area contributed by atoms with Gasteiger partial charge in [0, 0.05) is 5.69 Å². The van der Waals surface area contributed by atoms with Gasteiger partial charge >= 0.3 is 6.03 Å². The largest absolute Gasteiger partial charge is 0.494 e. The van der Waals surface area contributed by atoms with Crippen LogP contribution in [0.4, 0.5) is 10.5 Å². The zero-order chi connectivity index (χ0) is 10.4. The van der Waals surface area contributed by atoms with Crippen molar-refractivity contribution in [2.24, 2.45) is 5.84 Å². The van der Waals surface area contributed by atoms with E-state index >= 15 is 0 Å². The van der Waals surface area contributed by atoms with Crippen LogP contribution in [0.25, 0.3) is 0 Å². The Labute approximate surface area is 82.2 Å². The first-order valence-corrected chi connectivity index (χ1v) is 4.26. The number of anilines is 1. The lowest BCUT2D eigenvalue weighted by Crippen LogP contribution is -2.34. The number of amides is 2. The SMILES string of the molecule is CCOc1ccc(NC(=O)NN)cc1. The zero-order valence-corrected chi connectivity index (χ0v) is 7.91. The molecule has 0 saturated carbocycles. The molecular formula is C9H13N3O2. The van der Waals surface area contributed by atoms with E-state index in [0.717, 1.165) is 5.75 Å². The van der Waals surface area contributed by atoms with Crippen molar-refractivity contribution in [2.45, 2.75) is 6.92 Å². The normalized spacial score (nSPS) is 9.29. The molecule has 1 aromatic rings. The fourth-order valence-electron chi connectivity index (χ4n) is 0.968. The highest BCUT2D eigenvalue weighted by Crippen LogP contribution is 2.15. The molecule has 0 aliphatic carbocycles. The average molecular weight is 195 g/mol. The van der Waals surface area contributed by atoms with E-state index in [4.69, 9.17) is 10.6 Å². The maximum Gasteiger partial charge on any atom is 0.333 e. The number of hydrogen-bond donors (Lipinski definition) is 3. The zero-order valence-electron chi connectivity index (χ0n) is 7.91. The molecule has 0 heterocycles. The molecule has 76 valence electrons. The van der Waals surface area contributed by atoms with Gasteiger partial charge in [-0.05, 0) is 31.2 Å². The number of nitrogens with one attached hydrogen (secondary N) is 2. The molecule has 14 heavy (non-hydrogen) atoms. The van der Waals surface area contributed by atoms with Crippen molar-refractivity contribution in [1.82, 2.24) is 5.43 Å². The summed E-state index contributed by atoms with van der Waals surface area (Å²) in [6.07, 6.45) is 0. The van der Waals surface area contributed by atoms with Gasteiger partial charge in [0.15, 0.2) is 0 Å². The summed E-state index contributed by atoms with van der Waals surface area (Å²) >= 11 is 0. The van der Waals surface area contributed by atoms with Crippen LogP contribution in [-0.2, 0) is 0 Å². The van der Waals surface area contributed by atoms with Gasteiger partial charge in [-0.25, -0.2) is 10.6 Å². The molecule has 0 fully saturated rings. The fraction of sp³-hybridized carbons (Fsp3) is 0.222. The average Bonchev–Trinajstić information content (AvgIpc) is 2.21. The van der Waals surface area contributed by atoms with Crippen LogP contribution in [-0.4, -0.2) is 12.6 Å². The van der Waals surface area contributed by atoms with Crippen molar-refractivity contribution >= 4 is 11.7 Å². The second-order valence-corrected chi connectivity index (χ2v) is 2.56. The minimum Gasteiger partial charge on any atom is -0.494 e. The summed E-state index contributed by atoms with van der Waals surface area (Å²) in [5.41, 5.74) is 2.64. The van der Waals surface area contributed by atoms with Crippen LogP contribution in [0.15, 0.2) is 24.3 Å². The molecule has 0 atom stereocenters. The van der Waals surface area contributed by atoms with Crippen LogP contribution >= 0.6 is 0 Å². The minimum atomic E-state index is -0.450. The van der Waals surface area contributed by atoms with Gasteiger partial charge in [0.05, 0.1) is 6.61 Å². The van der Waals surface area contributed by atoms with Crippen LogP contribution in [0, 0.1) is 0 Å². The molecule has 5 heteroatoms. The molecule has 1 aromatic carbocycles. The van der Waals surface area contributed by atoms with E-state index in [0.29, 0.717) is 12.3 Å². The van der Waals surface area contributed by atoms with E-state index in [1.807, 2.05) is 12.3 Å². The topological polar surface area (TPSA) is 76.4 Å². The van der Waals surface area contributed by atoms with Gasteiger partial charge in [0.1, 0.15) is 5.75 Å². The molecular weight excluding hydrogens is 182 g/mol. The number of rotatable bonds is 3. The first-order chi connectivity index (χ1) is 6.76. The van der Waals surface area contributed by atoms with Gasteiger partial charge < -0.3 is 10.1 Å². The Morgan fingerprint density at radius 3 is 2.57 bits per heavy atom. The summed E-state index contributed by atoms with van der Waals surface area (Å²) in [5, 5.41) is 2.53. The second kappa shape index (κ2) is 5.08. The monoisotopic (exact) mass is 195 g/mol. The molecule has 0 spiro atoms. The Kier molecular flexibility index (Phi) is 3.75. The molecule has 0 bridgehead atoms. The number of nitrogens with two attached hydrogens (primary N) is 1. The predicted octanol–water partition coefficient (Wildman–Crippen LogP) is 1.08. The highest BCUT2D eigenvalue weighted by atomic mass is 16.5. The van der Waals surface area contributed by atoms with Crippen LogP contribution in [0.3, 0.4) is 0 Å². The molecule has 0 saturated heterocycles. The molecule has 0 aromatic heterocycles. The quantitative estimate of drug-likeness (QED) is 0.383. The Morgan fingerprint density at radius 2 is 2.07 bits per heavy atom. The number of benzene rings is 1. The lowest BCUT2D eigenvalue weighted by molar-refractivity contribution is 0.252. The van der Waals surface area contributed by atoms with Gasteiger partial charge in [-0.1, -0.05) is 0 Å². The Hall–Kier alpha value is -1.75. The van der Waals surface area contributed by atoms with Gasteiger partial charge in [-0.2, -0.15) is 0 Å². The molecule has 4 N–H and O–H groups in total. The van der Waals surface area contributed by atoms with E-state index < -0.39 is 6.03 Å². The Balaban J connectivity index is 2.59. The van der Waals surface area contributed by atoms with Gasteiger partial charge in [0.25, 0.3) is 0 Å². The van der Waals surface area contributed by atoms with Crippen molar-refractivity contribution in [2.75, 3.05) is 11.9 Å². The molecule has 2 amide bonds. The van der Waals surface area contributed by atoms with Crippen molar-refractivity contribution in [3.8, 4) is 5.75 Å². The summed E-state index contributed by atoms with van der Waals surface area (Å²) in [5.74, 6) is 5.68. The number of ether oxygens (including phenoxy) is 1. The third kappa shape index (κ3) is 2.95. The first-order valence-electron chi connectivity index (χ1n) is 4.26. The van der Waals surface area contributed by atoms with Crippen molar-refractivity contribution in [3.63, 3.8) is 0 Å². The number of hydrogen-bond acceptors (Lipinski definition) is 3. The van der Waals surface area contributed by atoms with Crippen molar-refractivity contribution < 1.29 is 9.53 Å². The van der Waals surface area contributed by atoms with Crippen LogP contribution in [0.5, 0.6) is 5.75 Å². The standard InChI is InChI=1S/C9H13N3O2/c1-2-14-8-5-3-7(4-6-8)11-9(13)12-10/h3-6H,2,10H2,1H3,(H2,11,12,13). The first kappa shape index (κ1) is 10.3. The molecule has 0 aliphatic heterocycles. The second-order valence-electron chi connectivity index (χ2n) is 2.56. The number of carbonyl (C=O) groups excluding carboxylic acids is 1. The maximum atomic E-state index is 10.8. The molecule has 5 nitrogen and oxygen atoms in total. The van der Waals surface area contributed by atoms with Gasteiger partial charge in [-0.15, -0.1) is 0 Å². The lowest BCUT2D eigenvalue weighted by atomic mass is 10.3. The molecule has 0 radical (unpaired) electrons. The van der Waals surface area contributed by atoms with Crippen LogP contribution in [0.1, 0.15) is 6.92 Å². The summed E-state index contributed by atoms with van der Waals surface area (Å²) in [6, 6.07) is 6.57. The van der Waals surface area contributed by atoms with E-state index in [2.05, 4.69) is 5.32 Å². The highest BCUT2D eigenvalue weighted by Gasteiger charge is 1.98.